The first-order valence-electron chi connectivity index (χ1n) is 10.2. The van der Waals surface area contributed by atoms with Crippen LogP contribution in [0.25, 0.3) is 5.57 Å². The van der Waals surface area contributed by atoms with Crippen molar-refractivity contribution in [2.24, 2.45) is 0 Å². The third kappa shape index (κ3) is 6.67. The van der Waals surface area contributed by atoms with Gasteiger partial charge in [0.15, 0.2) is 0 Å². The molecule has 0 spiro atoms. The average Bonchev–Trinajstić information content (AvgIpc) is 3.64. The summed E-state index contributed by atoms with van der Waals surface area (Å²) < 4.78 is 0. The molecule has 0 aromatic heterocycles. The molecule has 0 nitrogen and oxygen atoms in total. The molecule has 0 saturated carbocycles. The minimum absolute atomic E-state index is 0. The monoisotopic (exact) mass is 588 g/mol. The number of allylic oxidation sites excluding steroid dienone is 14. The molecule has 3 aliphatic carbocycles. The summed E-state index contributed by atoms with van der Waals surface area (Å²) in [5, 5.41) is 0. The summed E-state index contributed by atoms with van der Waals surface area (Å²) in [4.78, 5) is 0. The fourth-order valence-corrected chi connectivity index (χ4v) is 3.57. The minimum Gasteiger partial charge on any atom is -0.214 e. The van der Waals surface area contributed by atoms with Gasteiger partial charge in [0.1, 0.15) is 0 Å². The molecule has 0 amide bonds. The molecule has 3 aromatic rings. The zero-order valence-corrected chi connectivity index (χ0v) is 21.0. The van der Waals surface area contributed by atoms with Crippen LogP contribution < -0.4 is 0 Å². The van der Waals surface area contributed by atoms with Gasteiger partial charge in [-0.25, -0.2) is 24.3 Å². The molecule has 6 rings (SSSR count). The van der Waals surface area contributed by atoms with Crippen molar-refractivity contribution in [3.05, 3.63) is 174 Å². The minimum atomic E-state index is 0. The summed E-state index contributed by atoms with van der Waals surface area (Å²) in [5.74, 6) is 1.34. The third-order valence-electron chi connectivity index (χ3n) is 4.96. The topological polar surface area (TPSA) is 0 Å². The Labute approximate surface area is 217 Å². The van der Waals surface area contributed by atoms with Crippen molar-refractivity contribution in [3.63, 3.8) is 0 Å². The van der Waals surface area contributed by atoms with Crippen molar-refractivity contribution in [1.82, 2.24) is 0 Å². The van der Waals surface area contributed by atoms with Crippen LogP contribution in [0.1, 0.15) is 5.56 Å². The van der Waals surface area contributed by atoms with E-state index in [1.165, 1.54) is 33.8 Å². The maximum Gasteiger partial charge on any atom is 2.00 e. The van der Waals surface area contributed by atoms with Crippen LogP contribution >= 0.6 is 0 Å². The second kappa shape index (κ2) is 13.7. The molecule has 0 aliphatic heterocycles. The van der Waals surface area contributed by atoms with Gasteiger partial charge in [0.2, 0.25) is 0 Å². The number of hydrogen-bond acceptors (Lipinski definition) is 0. The Hall–Kier alpha value is -2.65. The van der Waals surface area contributed by atoms with E-state index in [1.807, 2.05) is 60.7 Å². The standard InChI is InChI=1S/C20H14.2C5H5.2Ru/c1-2-8-15(7-1)18-13-5-11-17-12-6-14-19(20(17)18)16-9-3-4-10-16;2*1-2-4-5-3-1;;/h1-14H;2*1-5H;;/q-2;2*-1;2*+2. The van der Waals surface area contributed by atoms with Crippen molar-refractivity contribution >= 4 is 5.57 Å². The molecule has 32 heavy (non-hydrogen) atoms. The summed E-state index contributed by atoms with van der Waals surface area (Å²) in [6, 6.07) is 28.5. The Balaban J connectivity index is 0.000000252. The van der Waals surface area contributed by atoms with E-state index in [0.717, 1.165) is 0 Å². The van der Waals surface area contributed by atoms with Crippen LogP contribution in [0.3, 0.4) is 0 Å². The Morgan fingerprint density at radius 3 is 1.66 bits per heavy atom. The molecule has 160 valence electrons. The molecule has 0 unspecified atom stereocenters. The zero-order chi connectivity index (χ0) is 20.4. The summed E-state index contributed by atoms with van der Waals surface area (Å²) in [6.07, 6.45) is 21.6. The van der Waals surface area contributed by atoms with E-state index in [0.29, 0.717) is 0 Å². The van der Waals surface area contributed by atoms with Crippen molar-refractivity contribution in [1.29, 1.82) is 0 Å². The fourth-order valence-electron chi connectivity index (χ4n) is 3.57. The quantitative estimate of drug-likeness (QED) is 0.203. The van der Waals surface area contributed by atoms with Gasteiger partial charge in [-0.15, -0.1) is 41.3 Å². The fraction of sp³-hybridized carbons (Fsp3) is 0. The van der Waals surface area contributed by atoms with Crippen LogP contribution in [-0.2, 0) is 39.0 Å². The van der Waals surface area contributed by atoms with E-state index in [9.17, 15) is 0 Å². The maximum absolute atomic E-state index is 2.21. The van der Waals surface area contributed by atoms with Crippen LogP contribution in [0.4, 0.5) is 0 Å². The third-order valence-corrected chi connectivity index (χ3v) is 4.96. The molecule has 0 fully saturated rings. The Kier molecular flexibility index (Phi) is 11.0. The summed E-state index contributed by atoms with van der Waals surface area (Å²) in [6.45, 7) is 0. The first-order chi connectivity index (χ1) is 14.9. The van der Waals surface area contributed by atoms with Crippen LogP contribution in [0.15, 0.2) is 162 Å². The normalized spacial score (nSPS) is 14.7. The number of rotatable bonds is 1. The summed E-state index contributed by atoms with van der Waals surface area (Å²) >= 11 is 0. The molecular weight excluding hydrogens is 562 g/mol. The summed E-state index contributed by atoms with van der Waals surface area (Å²) in [7, 11) is 0. The van der Waals surface area contributed by atoms with E-state index < -0.39 is 0 Å². The van der Waals surface area contributed by atoms with Gasteiger partial charge in [-0.3, -0.25) is 0 Å². The van der Waals surface area contributed by atoms with Gasteiger partial charge in [-0.05, 0) is 0 Å². The van der Waals surface area contributed by atoms with Crippen LogP contribution in [0, 0.1) is 5.92 Å². The molecule has 2 heteroatoms. The van der Waals surface area contributed by atoms with E-state index in [1.54, 1.807) is 0 Å². The average molecular weight is 587 g/mol. The first kappa shape index (κ1) is 25.6. The Bertz CT molecular complexity index is 1030. The molecule has 3 aromatic carbocycles. The van der Waals surface area contributed by atoms with Gasteiger partial charge >= 0.3 is 39.0 Å². The summed E-state index contributed by atoms with van der Waals surface area (Å²) in [5.41, 5.74) is 6.49. The van der Waals surface area contributed by atoms with Crippen molar-refractivity contribution < 1.29 is 39.0 Å². The predicted molar refractivity (Wildman–Crippen MR) is 129 cm³/mol. The second-order valence-corrected chi connectivity index (χ2v) is 6.98. The van der Waals surface area contributed by atoms with Gasteiger partial charge in [0.25, 0.3) is 0 Å². The van der Waals surface area contributed by atoms with Gasteiger partial charge in [0.05, 0.1) is 0 Å². The van der Waals surface area contributed by atoms with Crippen LogP contribution in [0.5, 0.6) is 0 Å². The van der Waals surface area contributed by atoms with E-state index >= 15 is 0 Å². The molecule has 0 bridgehead atoms. The van der Waals surface area contributed by atoms with E-state index in [4.69, 9.17) is 0 Å². The SMILES string of the molecule is C1=CC2=CC=CC(=C3C=CC=C3)[C-]2C([c-]2cccc2)=C1.[Ru+2].[Ru+2].c1cc[cH-]c1.c1cc[cH-]c1. The Morgan fingerprint density at radius 2 is 1.12 bits per heavy atom. The van der Waals surface area contributed by atoms with E-state index in [-0.39, 0.29) is 39.0 Å². The number of fused-ring (bicyclic) bond motifs is 1. The van der Waals surface area contributed by atoms with Gasteiger partial charge in [0, 0.05) is 0 Å². The van der Waals surface area contributed by atoms with Crippen molar-refractivity contribution in [3.8, 4) is 0 Å². The smallest absolute Gasteiger partial charge is 0.214 e. The molecule has 0 saturated heterocycles. The van der Waals surface area contributed by atoms with Crippen molar-refractivity contribution in [2.75, 3.05) is 0 Å². The van der Waals surface area contributed by atoms with E-state index in [2.05, 4.69) is 85.0 Å². The molecular formula is C30H24Ru2. The maximum atomic E-state index is 2.21. The number of hydrogen-bond donors (Lipinski definition) is 0. The van der Waals surface area contributed by atoms with Gasteiger partial charge < -0.3 is 0 Å². The van der Waals surface area contributed by atoms with Gasteiger partial charge in [-0.2, -0.15) is 89.6 Å². The van der Waals surface area contributed by atoms with Crippen molar-refractivity contribution in [2.45, 2.75) is 0 Å². The van der Waals surface area contributed by atoms with Crippen LogP contribution in [0.2, 0.25) is 0 Å². The molecule has 0 N–H and O–H groups in total. The molecule has 0 heterocycles. The molecule has 0 radical (unpaired) electrons. The molecule has 0 atom stereocenters. The largest absolute Gasteiger partial charge is 2.00 e. The second-order valence-electron chi connectivity index (χ2n) is 6.98. The first-order valence-corrected chi connectivity index (χ1v) is 10.2. The van der Waals surface area contributed by atoms with Crippen LogP contribution in [-0.4, -0.2) is 0 Å². The zero-order valence-electron chi connectivity index (χ0n) is 17.6. The van der Waals surface area contributed by atoms with Gasteiger partial charge in [-0.1, -0.05) is 24.3 Å². The predicted octanol–water partition coefficient (Wildman–Crippen LogP) is 7.66. The Morgan fingerprint density at radius 1 is 0.562 bits per heavy atom. The molecule has 3 aliphatic rings.